The molecule has 2 aromatic heterocycles. The number of carbonyl (C=O) groups is 1. The van der Waals surface area contributed by atoms with Crippen molar-refractivity contribution in [1.82, 2.24) is 25.3 Å². The van der Waals surface area contributed by atoms with Gasteiger partial charge in [-0.3, -0.25) is 14.7 Å². The second-order valence-corrected chi connectivity index (χ2v) is 7.69. The predicted molar refractivity (Wildman–Crippen MR) is 117 cm³/mol. The lowest BCUT2D eigenvalue weighted by Crippen LogP contribution is -2.41. The molecule has 0 bridgehead atoms. The molecule has 1 aliphatic heterocycles. The third-order valence-electron chi connectivity index (χ3n) is 5.58. The molecule has 1 saturated heterocycles. The van der Waals surface area contributed by atoms with E-state index in [1.165, 1.54) is 0 Å². The number of piperidine rings is 1. The van der Waals surface area contributed by atoms with E-state index in [0.29, 0.717) is 42.0 Å². The molecule has 3 aromatic rings. The maximum atomic E-state index is 12.4. The summed E-state index contributed by atoms with van der Waals surface area (Å²) in [6, 6.07) is 11.2. The molecule has 0 saturated carbocycles. The minimum Gasteiger partial charge on any atom is -0.493 e. The minimum atomic E-state index is -0.00605. The molecular weight excluding hydrogens is 410 g/mol. The zero-order valence-corrected chi connectivity index (χ0v) is 18.3. The Hall–Kier alpha value is -3.46. The molecule has 9 nitrogen and oxygen atoms in total. The fraction of sp³-hybridized carbons (Fsp3) is 0.391. The molecular formula is C23H27N5O4. The summed E-state index contributed by atoms with van der Waals surface area (Å²) in [4.78, 5) is 23.3. The summed E-state index contributed by atoms with van der Waals surface area (Å²) < 4.78 is 16.0. The third kappa shape index (κ3) is 5.23. The lowest BCUT2D eigenvalue weighted by atomic mass is 9.97. The Bertz CT molecular complexity index is 1030. The zero-order valence-electron chi connectivity index (χ0n) is 18.3. The van der Waals surface area contributed by atoms with Crippen molar-refractivity contribution in [2.24, 2.45) is 0 Å². The Morgan fingerprint density at radius 3 is 2.69 bits per heavy atom. The maximum absolute atomic E-state index is 12.4. The van der Waals surface area contributed by atoms with E-state index in [4.69, 9.17) is 14.0 Å². The summed E-state index contributed by atoms with van der Waals surface area (Å²) in [5, 5.41) is 7.04. The molecule has 0 unspecified atom stereocenters. The lowest BCUT2D eigenvalue weighted by molar-refractivity contribution is -0.122. The second kappa shape index (κ2) is 10.2. The van der Waals surface area contributed by atoms with Gasteiger partial charge >= 0.3 is 0 Å². The van der Waals surface area contributed by atoms with Gasteiger partial charge in [-0.1, -0.05) is 17.3 Å². The number of nitrogens with zero attached hydrogens (tertiary/aromatic N) is 4. The summed E-state index contributed by atoms with van der Waals surface area (Å²) in [6.07, 6.45) is 3.44. The molecule has 4 rings (SSSR count). The highest BCUT2D eigenvalue weighted by atomic mass is 16.5. The number of rotatable bonds is 8. The second-order valence-electron chi connectivity index (χ2n) is 7.69. The number of ether oxygens (including phenoxy) is 2. The summed E-state index contributed by atoms with van der Waals surface area (Å²) in [7, 11) is 3.19. The van der Waals surface area contributed by atoms with Crippen LogP contribution in [0, 0.1) is 0 Å². The third-order valence-corrected chi connectivity index (χ3v) is 5.58. The number of benzene rings is 1. The highest BCUT2D eigenvalue weighted by molar-refractivity contribution is 5.78. The van der Waals surface area contributed by atoms with E-state index in [1.54, 1.807) is 20.4 Å². The molecule has 9 heteroatoms. The van der Waals surface area contributed by atoms with Crippen molar-refractivity contribution >= 4 is 5.91 Å². The van der Waals surface area contributed by atoms with Crippen LogP contribution in [0.5, 0.6) is 11.5 Å². The van der Waals surface area contributed by atoms with Crippen LogP contribution in [0.25, 0.3) is 11.5 Å². The lowest BCUT2D eigenvalue weighted by Gasteiger charge is -2.29. The SMILES string of the molecule is COc1ccc(CNC(=O)CN2CCC(c3nc(-c4ccccn4)no3)CC2)cc1OC. The number of likely N-dealkylation sites (tertiary alicyclic amines) is 1. The first kappa shape index (κ1) is 21.8. The van der Waals surface area contributed by atoms with Crippen LogP contribution in [0.4, 0.5) is 0 Å². The first-order chi connectivity index (χ1) is 15.7. The maximum Gasteiger partial charge on any atom is 0.234 e. The van der Waals surface area contributed by atoms with Crippen LogP contribution >= 0.6 is 0 Å². The minimum absolute atomic E-state index is 0.00605. The Labute approximate surface area is 186 Å². The highest BCUT2D eigenvalue weighted by Gasteiger charge is 2.26. The van der Waals surface area contributed by atoms with Crippen molar-refractivity contribution < 1.29 is 18.8 Å². The number of nitrogens with one attached hydrogen (secondary N) is 1. The van der Waals surface area contributed by atoms with E-state index in [1.807, 2.05) is 36.4 Å². The average Bonchev–Trinajstić information content (AvgIpc) is 3.34. The number of hydrogen-bond acceptors (Lipinski definition) is 8. The summed E-state index contributed by atoms with van der Waals surface area (Å²) in [6.45, 7) is 2.41. The van der Waals surface area contributed by atoms with Crippen molar-refractivity contribution in [3.05, 3.63) is 54.0 Å². The number of aromatic nitrogens is 3. The summed E-state index contributed by atoms with van der Waals surface area (Å²) >= 11 is 0. The number of carbonyl (C=O) groups excluding carboxylic acids is 1. The van der Waals surface area contributed by atoms with Crippen molar-refractivity contribution in [2.75, 3.05) is 33.9 Å². The largest absolute Gasteiger partial charge is 0.493 e. The van der Waals surface area contributed by atoms with E-state index in [9.17, 15) is 4.79 Å². The summed E-state index contributed by atoms with van der Waals surface area (Å²) in [5.41, 5.74) is 1.65. The van der Waals surface area contributed by atoms with E-state index in [0.717, 1.165) is 31.5 Å². The van der Waals surface area contributed by atoms with Gasteiger partial charge in [0.2, 0.25) is 17.6 Å². The van der Waals surface area contributed by atoms with Crippen molar-refractivity contribution in [3.8, 4) is 23.0 Å². The monoisotopic (exact) mass is 437 g/mol. The quantitative estimate of drug-likeness (QED) is 0.574. The smallest absolute Gasteiger partial charge is 0.234 e. The number of hydrogen-bond donors (Lipinski definition) is 1. The van der Waals surface area contributed by atoms with Gasteiger partial charge in [0.05, 0.1) is 20.8 Å². The Balaban J connectivity index is 1.24. The summed E-state index contributed by atoms with van der Waals surface area (Å²) in [5.74, 6) is 2.66. The van der Waals surface area contributed by atoms with Crippen LogP contribution in [0.15, 0.2) is 47.1 Å². The van der Waals surface area contributed by atoms with Gasteiger partial charge in [0.25, 0.3) is 0 Å². The molecule has 0 atom stereocenters. The molecule has 3 heterocycles. The average molecular weight is 438 g/mol. The van der Waals surface area contributed by atoms with Crippen molar-refractivity contribution in [1.29, 1.82) is 0 Å². The van der Waals surface area contributed by atoms with Gasteiger partial charge in [-0.05, 0) is 55.8 Å². The van der Waals surface area contributed by atoms with Crippen LogP contribution in [-0.2, 0) is 11.3 Å². The molecule has 0 spiro atoms. The van der Waals surface area contributed by atoms with Gasteiger partial charge < -0.3 is 19.3 Å². The van der Waals surface area contributed by atoms with E-state index < -0.39 is 0 Å². The number of amides is 1. The molecule has 1 aliphatic rings. The van der Waals surface area contributed by atoms with Crippen molar-refractivity contribution in [3.63, 3.8) is 0 Å². The Kier molecular flexibility index (Phi) is 6.96. The van der Waals surface area contributed by atoms with Crippen LogP contribution in [0.3, 0.4) is 0 Å². The van der Waals surface area contributed by atoms with Gasteiger partial charge in [0.1, 0.15) is 5.69 Å². The zero-order chi connectivity index (χ0) is 22.3. The highest BCUT2D eigenvalue weighted by Crippen LogP contribution is 2.29. The first-order valence-corrected chi connectivity index (χ1v) is 10.6. The standard InChI is InChI=1S/C23H27N5O4/c1-30-19-7-6-16(13-20(19)31-2)14-25-21(29)15-28-11-8-17(9-12-28)23-26-22(27-32-23)18-5-3-4-10-24-18/h3-7,10,13,17H,8-9,11-12,14-15H2,1-2H3,(H,25,29). The van der Waals surface area contributed by atoms with Gasteiger partial charge in [-0.2, -0.15) is 4.98 Å². The van der Waals surface area contributed by atoms with Crippen LogP contribution in [0.1, 0.15) is 30.2 Å². The van der Waals surface area contributed by atoms with E-state index in [2.05, 4.69) is 25.3 Å². The van der Waals surface area contributed by atoms with Crippen molar-refractivity contribution in [2.45, 2.75) is 25.3 Å². The van der Waals surface area contributed by atoms with Gasteiger partial charge in [0.15, 0.2) is 11.5 Å². The van der Waals surface area contributed by atoms with E-state index in [-0.39, 0.29) is 11.8 Å². The fourth-order valence-electron chi connectivity index (χ4n) is 3.79. The van der Waals surface area contributed by atoms with Crippen LogP contribution in [0.2, 0.25) is 0 Å². The Morgan fingerprint density at radius 2 is 1.97 bits per heavy atom. The molecule has 1 fully saturated rings. The normalized spacial score (nSPS) is 14.8. The van der Waals surface area contributed by atoms with E-state index >= 15 is 0 Å². The predicted octanol–water partition coefficient (Wildman–Crippen LogP) is 2.64. The first-order valence-electron chi connectivity index (χ1n) is 10.6. The topological polar surface area (TPSA) is 103 Å². The number of methoxy groups -OCH3 is 2. The Morgan fingerprint density at radius 1 is 1.16 bits per heavy atom. The molecule has 1 aromatic carbocycles. The fourth-order valence-corrected chi connectivity index (χ4v) is 3.79. The van der Waals surface area contributed by atoms with Gasteiger partial charge in [-0.25, -0.2) is 0 Å². The molecule has 1 amide bonds. The molecule has 32 heavy (non-hydrogen) atoms. The van der Waals surface area contributed by atoms with Gasteiger partial charge in [0, 0.05) is 18.7 Å². The van der Waals surface area contributed by atoms with Gasteiger partial charge in [-0.15, -0.1) is 0 Å². The molecule has 0 radical (unpaired) electrons. The van der Waals surface area contributed by atoms with Crippen LogP contribution in [-0.4, -0.2) is 59.8 Å². The molecule has 168 valence electrons. The molecule has 0 aliphatic carbocycles. The number of pyridine rings is 1. The molecule has 1 N–H and O–H groups in total. The van der Waals surface area contributed by atoms with Crippen LogP contribution < -0.4 is 14.8 Å².